The number of hydrogen-bond acceptors (Lipinski definition) is 7. The summed E-state index contributed by atoms with van der Waals surface area (Å²) in [6, 6.07) is 3.67. The van der Waals surface area contributed by atoms with Gasteiger partial charge >= 0.3 is 6.03 Å². The average molecular weight is 509 g/mol. The lowest BCUT2D eigenvalue weighted by Gasteiger charge is -2.60. The SMILES string of the molecule is C[C@@H](N1C(=O)NC(=O)/C(=C\c2ccc(N3CCOCC3)c([N+](=O)[O-])c2)C1=O)C12CC3CC(CC(C3)C1)C2. The number of carbonyl (C=O) groups excluding carboxylic acids is 3. The molecule has 4 aliphatic carbocycles. The Labute approximate surface area is 215 Å². The van der Waals surface area contributed by atoms with E-state index < -0.39 is 22.8 Å². The van der Waals surface area contributed by atoms with Crippen LogP contribution in [0, 0.1) is 33.3 Å². The molecule has 2 aliphatic heterocycles. The number of morpholine rings is 1. The van der Waals surface area contributed by atoms with Gasteiger partial charge in [0.2, 0.25) is 0 Å². The van der Waals surface area contributed by atoms with Crippen molar-refractivity contribution in [1.29, 1.82) is 0 Å². The molecular weight excluding hydrogens is 476 g/mol. The van der Waals surface area contributed by atoms with Gasteiger partial charge in [0, 0.05) is 25.2 Å². The maximum Gasteiger partial charge on any atom is 0.331 e. The summed E-state index contributed by atoms with van der Waals surface area (Å²) in [5.41, 5.74) is 0.451. The van der Waals surface area contributed by atoms with Gasteiger partial charge in [0.1, 0.15) is 11.3 Å². The maximum absolute atomic E-state index is 13.6. The van der Waals surface area contributed by atoms with E-state index in [1.165, 1.54) is 36.3 Å². The van der Waals surface area contributed by atoms with E-state index in [9.17, 15) is 24.5 Å². The average Bonchev–Trinajstić information content (AvgIpc) is 2.86. The molecule has 7 rings (SSSR count). The van der Waals surface area contributed by atoms with Crippen LogP contribution >= 0.6 is 0 Å². The van der Waals surface area contributed by atoms with E-state index in [1.54, 1.807) is 12.1 Å². The number of ether oxygens (including phenoxy) is 1. The van der Waals surface area contributed by atoms with Crippen LogP contribution in [0.15, 0.2) is 23.8 Å². The Hall–Kier alpha value is -3.27. The van der Waals surface area contributed by atoms with E-state index in [2.05, 4.69) is 5.32 Å². The minimum absolute atomic E-state index is 0.102. The van der Waals surface area contributed by atoms with Crippen molar-refractivity contribution < 1.29 is 24.0 Å². The standard InChI is InChI=1S/C27H32N4O6/c1-16(27-13-18-8-19(14-27)10-20(9-18)15-27)30-25(33)21(24(32)28-26(30)34)11-17-2-3-22(23(12-17)31(35)36)29-4-6-37-7-5-29/h2-3,11-12,16,18-20H,4-10,13-15H2,1H3,(H,28,32,34)/b21-11+/t16-,18?,19?,20?,27?/m1/s1. The fourth-order valence-electron chi connectivity index (χ4n) is 8.00. The Kier molecular flexibility index (Phi) is 5.82. The first kappa shape index (κ1) is 24.1. The normalized spacial score (nSPS) is 33.2. The lowest BCUT2D eigenvalue weighted by atomic mass is 9.47. The molecule has 4 bridgehead atoms. The van der Waals surface area contributed by atoms with Crippen molar-refractivity contribution in [3.05, 3.63) is 39.4 Å². The molecule has 1 N–H and O–H groups in total. The lowest BCUT2D eigenvalue weighted by Crippen LogP contribution is -2.63. The molecule has 0 radical (unpaired) electrons. The first-order valence-electron chi connectivity index (χ1n) is 13.3. The van der Waals surface area contributed by atoms with Crippen LogP contribution in [0.4, 0.5) is 16.2 Å². The van der Waals surface area contributed by atoms with Gasteiger partial charge in [-0.15, -0.1) is 0 Å². The van der Waals surface area contributed by atoms with Crippen LogP contribution in [-0.2, 0) is 14.3 Å². The van der Waals surface area contributed by atoms with E-state index in [-0.39, 0.29) is 22.7 Å². The first-order valence-corrected chi connectivity index (χ1v) is 13.3. The van der Waals surface area contributed by atoms with E-state index in [0.29, 0.717) is 55.3 Å². The highest BCUT2D eigenvalue weighted by Gasteiger charge is 2.56. The zero-order valence-corrected chi connectivity index (χ0v) is 21.0. The summed E-state index contributed by atoms with van der Waals surface area (Å²) in [6.45, 7) is 4.01. The summed E-state index contributed by atoms with van der Waals surface area (Å²) in [7, 11) is 0. The summed E-state index contributed by atoms with van der Waals surface area (Å²) in [6.07, 6.45) is 8.14. The minimum atomic E-state index is -0.774. The van der Waals surface area contributed by atoms with Crippen LogP contribution in [0.3, 0.4) is 0 Å². The highest BCUT2D eigenvalue weighted by molar-refractivity contribution is 6.31. The number of nitrogens with zero attached hydrogens (tertiary/aromatic N) is 3. The number of barbiturate groups is 1. The van der Waals surface area contributed by atoms with Crippen molar-refractivity contribution in [2.45, 2.75) is 51.5 Å². The topological polar surface area (TPSA) is 122 Å². The number of carbonyl (C=O) groups is 3. The first-order chi connectivity index (χ1) is 17.7. The zero-order chi connectivity index (χ0) is 25.9. The largest absolute Gasteiger partial charge is 0.378 e. The summed E-state index contributed by atoms with van der Waals surface area (Å²) in [5, 5.41) is 14.2. The van der Waals surface area contributed by atoms with Crippen molar-refractivity contribution in [3.8, 4) is 0 Å². The van der Waals surface area contributed by atoms with Crippen LogP contribution in [0.2, 0.25) is 0 Å². The van der Waals surface area contributed by atoms with Crippen molar-refractivity contribution in [2.75, 3.05) is 31.2 Å². The van der Waals surface area contributed by atoms with Crippen LogP contribution in [0.5, 0.6) is 0 Å². The highest BCUT2D eigenvalue weighted by Crippen LogP contribution is 2.62. The Morgan fingerprint density at radius 1 is 1.08 bits per heavy atom. The molecule has 6 aliphatic rings. The van der Waals surface area contributed by atoms with Crippen LogP contribution in [0.1, 0.15) is 51.0 Å². The fraction of sp³-hybridized carbons (Fsp3) is 0.593. The summed E-state index contributed by atoms with van der Waals surface area (Å²) < 4.78 is 5.35. The van der Waals surface area contributed by atoms with Crippen molar-refractivity contribution in [1.82, 2.24) is 10.2 Å². The van der Waals surface area contributed by atoms with Gasteiger partial charge in [-0.05, 0) is 86.3 Å². The number of benzene rings is 1. The van der Waals surface area contributed by atoms with E-state index in [0.717, 1.165) is 19.3 Å². The van der Waals surface area contributed by atoms with E-state index in [1.807, 2.05) is 11.8 Å². The molecule has 0 aromatic heterocycles. The summed E-state index contributed by atoms with van der Waals surface area (Å²) in [4.78, 5) is 53.9. The number of nitro benzene ring substituents is 1. The fourth-order valence-corrected chi connectivity index (χ4v) is 8.00. The van der Waals surface area contributed by atoms with Gasteiger partial charge in [-0.3, -0.25) is 29.9 Å². The van der Waals surface area contributed by atoms with Crippen molar-refractivity contribution in [2.24, 2.45) is 23.2 Å². The minimum Gasteiger partial charge on any atom is -0.378 e. The Bertz CT molecular complexity index is 1170. The van der Waals surface area contributed by atoms with Gasteiger partial charge in [-0.2, -0.15) is 0 Å². The Morgan fingerprint density at radius 3 is 2.30 bits per heavy atom. The number of amides is 4. The number of urea groups is 1. The Morgan fingerprint density at radius 2 is 1.70 bits per heavy atom. The quantitative estimate of drug-likeness (QED) is 0.280. The maximum atomic E-state index is 13.6. The molecule has 1 atom stereocenters. The van der Waals surface area contributed by atoms with E-state index in [4.69, 9.17) is 4.74 Å². The summed E-state index contributed by atoms with van der Waals surface area (Å²) >= 11 is 0. The predicted molar refractivity (Wildman–Crippen MR) is 135 cm³/mol. The van der Waals surface area contributed by atoms with Crippen LogP contribution in [0.25, 0.3) is 6.08 Å². The van der Waals surface area contributed by atoms with Crippen LogP contribution < -0.4 is 10.2 Å². The number of imide groups is 2. The van der Waals surface area contributed by atoms with Crippen molar-refractivity contribution >= 4 is 35.3 Å². The second-order valence-electron chi connectivity index (χ2n) is 11.6. The molecule has 6 fully saturated rings. The molecule has 1 aromatic rings. The van der Waals surface area contributed by atoms with Gasteiger partial charge in [-0.1, -0.05) is 6.07 Å². The zero-order valence-electron chi connectivity index (χ0n) is 21.0. The Balaban J connectivity index is 1.30. The van der Waals surface area contributed by atoms with Gasteiger partial charge in [0.05, 0.1) is 18.1 Å². The number of nitrogens with one attached hydrogen (secondary N) is 1. The summed E-state index contributed by atoms with van der Waals surface area (Å²) in [5.74, 6) is 0.553. The van der Waals surface area contributed by atoms with Gasteiger partial charge < -0.3 is 9.64 Å². The smallest absolute Gasteiger partial charge is 0.331 e. The third-order valence-corrected chi connectivity index (χ3v) is 9.35. The monoisotopic (exact) mass is 508 g/mol. The van der Waals surface area contributed by atoms with Crippen molar-refractivity contribution in [3.63, 3.8) is 0 Å². The molecule has 4 saturated carbocycles. The third-order valence-electron chi connectivity index (χ3n) is 9.35. The number of anilines is 1. The molecule has 10 heteroatoms. The molecule has 1 aromatic carbocycles. The highest BCUT2D eigenvalue weighted by atomic mass is 16.6. The molecule has 0 spiro atoms. The second-order valence-corrected chi connectivity index (χ2v) is 11.6. The van der Waals surface area contributed by atoms with Gasteiger partial charge in [0.15, 0.2) is 0 Å². The third kappa shape index (κ3) is 4.11. The molecule has 2 heterocycles. The van der Waals surface area contributed by atoms with Crippen LogP contribution in [-0.4, -0.2) is 60.0 Å². The van der Waals surface area contributed by atoms with E-state index >= 15 is 0 Å². The molecule has 0 unspecified atom stereocenters. The van der Waals surface area contributed by atoms with Gasteiger partial charge in [-0.25, -0.2) is 4.79 Å². The number of nitro groups is 1. The molecule has 196 valence electrons. The molecule has 4 amide bonds. The molecule has 2 saturated heterocycles. The molecular formula is C27H32N4O6. The number of hydrogen-bond donors (Lipinski definition) is 1. The lowest BCUT2D eigenvalue weighted by molar-refractivity contribution is -0.384. The molecule has 10 nitrogen and oxygen atoms in total. The number of rotatable bonds is 5. The predicted octanol–water partition coefficient (Wildman–Crippen LogP) is 3.50. The second kappa shape index (κ2) is 8.93. The van der Waals surface area contributed by atoms with Gasteiger partial charge in [0.25, 0.3) is 17.5 Å². The molecule has 37 heavy (non-hydrogen) atoms.